The van der Waals surface area contributed by atoms with Crippen molar-refractivity contribution in [1.82, 2.24) is 0 Å². The van der Waals surface area contributed by atoms with Gasteiger partial charge in [0.2, 0.25) is 0 Å². The van der Waals surface area contributed by atoms with Crippen LogP contribution in [-0.4, -0.2) is 25.8 Å². The van der Waals surface area contributed by atoms with E-state index >= 15 is 0 Å². The number of carbonyl (C=O) groups is 1. The number of hydrogen-bond donors (Lipinski definition) is 0. The maximum atomic E-state index is 11.5. The molecule has 74 valence electrons. The van der Waals surface area contributed by atoms with Gasteiger partial charge >= 0.3 is 0 Å². The Hall–Kier alpha value is -0.190. The zero-order valence-corrected chi connectivity index (χ0v) is 9.33. The molecule has 2 atom stereocenters. The Morgan fingerprint density at radius 2 is 2.38 bits per heavy atom. The number of ketones is 1. The molecule has 1 rings (SSSR count). The average molecular weight is 249 g/mol. The minimum absolute atomic E-state index is 0.0475. The van der Waals surface area contributed by atoms with Gasteiger partial charge in [-0.2, -0.15) is 0 Å². The predicted octanol–water partition coefficient (Wildman–Crippen LogP) is 1.86. The first-order valence-corrected chi connectivity index (χ1v) is 4.96. The molecule has 0 saturated heterocycles. The molecule has 0 aromatic carbocycles. The lowest BCUT2D eigenvalue weighted by atomic mass is 9.92. The Balaban J connectivity index is 2.55. The van der Waals surface area contributed by atoms with E-state index in [1.807, 2.05) is 13.0 Å². The molecule has 0 saturated carbocycles. The molecule has 0 N–H and O–H groups in total. The summed E-state index contributed by atoms with van der Waals surface area (Å²) in [6, 6.07) is 0. The molecule has 13 heavy (non-hydrogen) atoms. The highest BCUT2D eigenvalue weighted by molar-refractivity contribution is 9.12. The number of carbonyl (C=O) groups excluding carboxylic acids is 1. The van der Waals surface area contributed by atoms with Crippen LogP contribution in [0.25, 0.3) is 0 Å². The summed E-state index contributed by atoms with van der Waals surface area (Å²) in [7, 11) is 1.57. The van der Waals surface area contributed by atoms with E-state index in [9.17, 15) is 4.79 Å². The lowest BCUT2D eigenvalue weighted by molar-refractivity contribution is -0.130. The fraction of sp³-hybridized carbons (Fsp3) is 0.667. The smallest absolute Gasteiger partial charge is 0.174 e. The largest absolute Gasteiger partial charge is 0.359 e. The van der Waals surface area contributed by atoms with E-state index in [0.29, 0.717) is 4.48 Å². The second-order valence-electron chi connectivity index (χ2n) is 3.05. The van der Waals surface area contributed by atoms with E-state index in [0.717, 1.165) is 6.42 Å². The van der Waals surface area contributed by atoms with Gasteiger partial charge in [0.1, 0.15) is 6.79 Å². The number of halogens is 1. The van der Waals surface area contributed by atoms with Gasteiger partial charge < -0.3 is 9.47 Å². The molecule has 0 aromatic rings. The Kier molecular flexibility index (Phi) is 4.09. The van der Waals surface area contributed by atoms with Crippen molar-refractivity contribution in [3.63, 3.8) is 0 Å². The summed E-state index contributed by atoms with van der Waals surface area (Å²) in [6.45, 7) is 2.12. The number of Topliss-reactive ketones (excluding diaryl/α,β-unsaturated/α-hetero) is 1. The lowest BCUT2D eigenvalue weighted by Gasteiger charge is -2.25. The van der Waals surface area contributed by atoms with Crippen LogP contribution in [0.4, 0.5) is 0 Å². The fourth-order valence-electron chi connectivity index (χ4n) is 1.28. The van der Waals surface area contributed by atoms with E-state index < -0.39 is 0 Å². The summed E-state index contributed by atoms with van der Waals surface area (Å²) in [5.41, 5.74) is 0. The molecule has 1 aliphatic rings. The van der Waals surface area contributed by atoms with Gasteiger partial charge in [0, 0.05) is 13.0 Å². The van der Waals surface area contributed by atoms with Crippen molar-refractivity contribution in [2.24, 2.45) is 5.92 Å². The molecule has 0 fully saturated rings. The summed E-state index contributed by atoms with van der Waals surface area (Å²) in [6.07, 6.45) is 2.56. The van der Waals surface area contributed by atoms with Crippen LogP contribution in [0, 0.1) is 5.92 Å². The number of methoxy groups -OCH3 is 1. The Labute approximate surface area is 86.2 Å². The van der Waals surface area contributed by atoms with E-state index in [1.165, 1.54) is 0 Å². The number of allylic oxidation sites excluding steroid dienone is 1. The van der Waals surface area contributed by atoms with E-state index in [4.69, 9.17) is 9.47 Å². The number of hydrogen-bond acceptors (Lipinski definition) is 3. The van der Waals surface area contributed by atoms with Crippen molar-refractivity contribution in [2.75, 3.05) is 13.9 Å². The summed E-state index contributed by atoms with van der Waals surface area (Å²) in [5.74, 6) is 0.0156. The van der Waals surface area contributed by atoms with Gasteiger partial charge in [-0.15, -0.1) is 0 Å². The van der Waals surface area contributed by atoms with Gasteiger partial charge in [0.15, 0.2) is 5.78 Å². The van der Waals surface area contributed by atoms with Crippen molar-refractivity contribution in [3.8, 4) is 0 Å². The third-order valence-electron chi connectivity index (χ3n) is 2.14. The third-order valence-corrected chi connectivity index (χ3v) is 2.85. The molecule has 0 bridgehead atoms. The second kappa shape index (κ2) is 4.88. The first-order valence-electron chi connectivity index (χ1n) is 4.17. The number of rotatable bonds is 3. The summed E-state index contributed by atoms with van der Waals surface area (Å²) in [4.78, 5) is 11.5. The highest BCUT2D eigenvalue weighted by Gasteiger charge is 2.29. The van der Waals surface area contributed by atoms with Crippen LogP contribution in [0.2, 0.25) is 0 Å². The summed E-state index contributed by atoms with van der Waals surface area (Å²) >= 11 is 3.21. The molecule has 4 heteroatoms. The van der Waals surface area contributed by atoms with Gasteiger partial charge in [0.05, 0.1) is 10.6 Å². The molecule has 0 radical (unpaired) electrons. The van der Waals surface area contributed by atoms with Crippen LogP contribution < -0.4 is 0 Å². The monoisotopic (exact) mass is 248 g/mol. The molecular weight excluding hydrogens is 236 g/mol. The van der Waals surface area contributed by atoms with Crippen LogP contribution in [0.3, 0.4) is 0 Å². The van der Waals surface area contributed by atoms with Gasteiger partial charge in [0.25, 0.3) is 0 Å². The predicted molar refractivity (Wildman–Crippen MR) is 52.5 cm³/mol. The molecule has 0 aliphatic heterocycles. The molecule has 1 aliphatic carbocycles. The normalized spacial score (nSPS) is 28.8. The van der Waals surface area contributed by atoms with Gasteiger partial charge in [-0.25, -0.2) is 0 Å². The highest BCUT2D eigenvalue weighted by Crippen LogP contribution is 2.26. The quantitative estimate of drug-likeness (QED) is 0.716. The zero-order chi connectivity index (χ0) is 9.84. The average Bonchev–Trinajstić information content (AvgIpc) is 2.13. The molecule has 0 aromatic heterocycles. The first-order chi connectivity index (χ1) is 6.16. The zero-order valence-electron chi connectivity index (χ0n) is 7.75. The Morgan fingerprint density at radius 1 is 1.69 bits per heavy atom. The van der Waals surface area contributed by atoms with Gasteiger partial charge in [-0.3, -0.25) is 4.79 Å². The van der Waals surface area contributed by atoms with Crippen LogP contribution in [0.1, 0.15) is 13.3 Å². The lowest BCUT2D eigenvalue weighted by Crippen LogP contribution is -2.32. The molecule has 0 amide bonds. The second-order valence-corrected chi connectivity index (χ2v) is 3.91. The molecule has 3 nitrogen and oxygen atoms in total. The van der Waals surface area contributed by atoms with Crippen molar-refractivity contribution < 1.29 is 14.3 Å². The summed E-state index contributed by atoms with van der Waals surface area (Å²) in [5, 5.41) is 0. The maximum absolute atomic E-state index is 11.5. The molecule has 0 unspecified atom stereocenters. The van der Waals surface area contributed by atoms with Crippen molar-refractivity contribution >= 4 is 21.7 Å². The van der Waals surface area contributed by atoms with Crippen LogP contribution >= 0.6 is 15.9 Å². The number of ether oxygens (including phenoxy) is 2. The van der Waals surface area contributed by atoms with Crippen LogP contribution in [0.15, 0.2) is 10.6 Å². The first kappa shape index (κ1) is 10.9. The van der Waals surface area contributed by atoms with Gasteiger partial charge in [-0.05, 0) is 22.4 Å². The topological polar surface area (TPSA) is 35.5 Å². The summed E-state index contributed by atoms with van der Waals surface area (Å²) < 4.78 is 10.8. The highest BCUT2D eigenvalue weighted by atomic mass is 79.9. The van der Waals surface area contributed by atoms with E-state index in [1.54, 1.807) is 7.11 Å². The molecular formula is C9H13BrO3. The van der Waals surface area contributed by atoms with Crippen LogP contribution in [0.5, 0.6) is 0 Å². The maximum Gasteiger partial charge on any atom is 0.174 e. The van der Waals surface area contributed by atoms with Crippen LogP contribution in [-0.2, 0) is 14.3 Å². The van der Waals surface area contributed by atoms with Gasteiger partial charge in [-0.1, -0.05) is 13.0 Å². The minimum Gasteiger partial charge on any atom is -0.359 e. The molecule has 0 heterocycles. The minimum atomic E-state index is -0.0884. The Morgan fingerprint density at radius 3 is 3.00 bits per heavy atom. The fourth-order valence-corrected chi connectivity index (χ4v) is 1.83. The van der Waals surface area contributed by atoms with E-state index in [-0.39, 0.29) is 24.6 Å². The molecule has 0 spiro atoms. The van der Waals surface area contributed by atoms with Crippen molar-refractivity contribution in [3.05, 3.63) is 10.6 Å². The third kappa shape index (κ3) is 2.62. The van der Waals surface area contributed by atoms with Crippen molar-refractivity contribution in [2.45, 2.75) is 19.4 Å². The standard InChI is InChI=1S/C9H13BrO3/c1-6-8(13-5-12-2)4-3-7(10)9(6)11/h3,6,8H,4-5H2,1-2H3/t6-,8-/m1/s1. The van der Waals surface area contributed by atoms with E-state index in [2.05, 4.69) is 15.9 Å². The van der Waals surface area contributed by atoms with Crippen molar-refractivity contribution in [1.29, 1.82) is 0 Å². The SMILES string of the molecule is COCO[C@@H]1CC=C(Br)C(=O)[C@@H]1C. The Bertz CT molecular complexity index is 225.